The number of furan rings is 3. The Bertz CT molecular complexity index is 8190. The van der Waals surface area contributed by atoms with Gasteiger partial charge in [0.25, 0.3) is 0 Å². The van der Waals surface area contributed by atoms with Crippen LogP contribution in [-0.4, -0.2) is 43.6 Å². The molecule has 0 bridgehead atoms. The van der Waals surface area contributed by atoms with Gasteiger partial charge in [0, 0.05) is 140 Å². The Balaban J connectivity index is 0.000000103. The van der Waals surface area contributed by atoms with Gasteiger partial charge < -0.3 is 13.3 Å². The van der Waals surface area contributed by atoms with Gasteiger partial charge in [-0.25, -0.2) is 19.9 Å². The van der Waals surface area contributed by atoms with E-state index in [4.69, 9.17) is 28.2 Å². The minimum absolute atomic E-state index is 0.660. The minimum Gasteiger partial charge on any atom is -0.455 e. The first-order valence-electron chi connectivity index (χ1n) is 42.3. The Morgan fingerprint density at radius 2 is 0.500 bits per heavy atom. The van der Waals surface area contributed by atoms with Crippen LogP contribution in [0.5, 0.6) is 0 Å². The minimum atomic E-state index is 0.660. The van der Waals surface area contributed by atoms with E-state index in [0.29, 0.717) is 5.71 Å². The molecule has 0 spiro atoms. The fourth-order valence-electron chi connectivity index (χ4n) is 19.2. The van der Waals surface area contributed by atoms with Crippen LogP contribution < -0.4 is 0 Å². The van der Waals surface area contributed by atoms with Crippen LogP contribution in [0, 0.1) is 0 Å². The highest BCUT2D eigenvalue weighted by atomic mass is 16.3. The largest absolute Gasteiger partial charge is 0.455 e. The van der Waals surface area contributed by atoms with Crippen molar-refractivity contribution in [2.75, 3.05) is 0 Å². The molecule has 0 saturated carbocycles. The zero-order valence-corrected chi connectivity index (χ0v) is 67.6. The highest BCUT2D eigenvalue weighted by Gasteiger charge is 2.26. The summed E-state index contributed by atoms with van der Waals surface area (Å²) in [5.41, 5.74) is 24.1. The van der Waals surface area contributed by atoms with Gasteiger partial charge in [0.05, 0.1) is 39.3 Å². The number of rotatable bonds is 9. The van der Waals surface area contributed by atoms with Gasteiger partial charge in [-0.15, -0.1) is 0 Å². The number of fused-ring (bicyclic) bond motifs is 27. The molecule has 27 rings (SSSR count). The summed E-state index contributed by atoms with van der Waals surface area (Å²) in [7, 11) is 0. The van der Waals surface area contributed by atoms with Crippen molar-refractivity contribution in [3.63, 3.8) is 0 Å². The Labute approximate surface area is 719 Å². The average Bonchev–Trinajstić information content (AvgIpc) is 1.55. The summed E-state index contributed by atoms with van der Waals surface area (Å²) < 4.78 is 25.8. The maximum Gasteiger partial charge on any atom is 0.227 e. The summed E-state index contributed by atoms with van der Waals surface area (Å²) in [6.45, 7) is 0. The van der Waals surface area contributed by atoms with Crippen LogP contribution >= 0.6 is 0 Å². The van der Waals surface area contributed by atoms with Crippen LogP contribution in [0.2, 0.25) is 0 Å². The maximum absolute atomic E-state index is 6.31. The van der Waals surface area contributed by atoms with Gasteiger partial charge in [-0.3, -0.25) is 23.7 Å². The van der Waals surface area contributed by atoms with E-state index in [0.717, 1.165) is 194 Å². The molecule has 0 unspecified atom stereocenters. The second-order valence-electron chi connectivity index (χ2n) is 31.9. The van der Waals surface area contributed by atoms with Gasteiger partial charge in [0.2, 0.25) is 5.71 Å². The lowest BCUT2D eigenvalue weighted by molar-refractivity contribution is 0.655. The Morgan fingerprint density at radius 3 is 0.905 bits per heavy atom. The average molecular weight is 1610 g/mol. The predicted octanol–water partition coefficient (Wildman–Crippen LogP) is 29.9. The standard InChI is InChI=1S/3C38H23N3O/c1-2-10-25(11-3-1)37-40-34-30-14-6-4-12-28(30)29-13-5-7-15-31(29)35(34)41(37)26-21-19-24(20-22-26)27-16-8-17-32-33-18-9-23-39-38(33)42-36(27)32;1-2-9-25(10-3-1)38-40-35-31-13-6-4-11-28(31)29-12-5-7-14-32(29)36(35)41(38)26-19-17-24(18-20-26)27-15-8-16-33-30-21-22-39-23-34(30)42-37(27)33;1-2-9-25(10-3-1)38-40-35-30-13-6-4-11-28(30)29-12-5-7-14-31(29)36(35)41(38)26-19-17-24(18-20-26)27-15-8-16-32-33-23-39-22-21-34(33)42-37(27)32/h3*1-23H. The smallest absolute Gasteiger partial charge is 0.227 e. The van der Waals surface area contributed by atoms with Gasteiger partial charge in [-0.1, -0.05) is 328 Å². The molecule has 0 aliphatic rings. The molecule has 18 aromatic carbocycles. The third-order valence-corrected chi connectivity index (χ3v) is 24.9. The summed E-state index contributed by atoms with van der Waals surface area (Å²) in [5, 5.41) is 20.7. The summed E-state index contributed by atoms with van der Waals surface area (Å²) in [4.78, 5) is 29.0. The Kier molecular flexibility index (Phi) is 16.7. The van der Waals surface area contributed by atoms with E-state index in [1.54, 1.807) is 18.6 Å². The molecule has 12 heteroatoms. The van der Waals surface area contributed by atoms with Gasteiger partial charge in [0.15, 0.2) is 5.58 Å². The topological polar surface area (TPSA) is 132 Å². The summed E-state index contributed by atoms with van der Waals surface area (Å²) in [6, 6.07) is 136. The Morgan fingerprint density at radius 1 is 0.190 bits per heavy atom. The first-order chi connectivity index (χ1) is 62.5. The third kappa shape index (κ3) is 11.5. The lowest BCUT2D eigenvalue weighted by Gasteiger charge is -2.13. The van der Waals surface area contributed by atoms with Gasteiger partial charge in [-0.2, -0.15) is 0 Å². The molecule has 0 aliphatic carbocycles. The third-order valence-electron chi connectivity index (χ3n) is 24.9. The highest BCUT2D eigenvalue weighted by molar-refractivity contribution is 6.27. The molecule has 0 saturated heterocycles. The van der Waals surface area contributed by atoms with E-state index in [9.17, 15) is 0 Å². The molecule has 126 heavy (non-hydrogen) atoms. The van der Waals surface area contributed by atoms with Crippen molar-refractivity contribution in [3.05, 3.63) is 419 Å². The number of hydrogen-bond acceptors (Lipinski definition) is 9. The number of para-hydroxylation sites is 3. The first kappa shape index (κ1) is 71.7. The molecule has 588 valence electrons. The summed E-state index contributed by atoms with van der Waals surface area (Å²) in [6.07, 6.45) is 9.01. The van der Waals surface area contributed by atoms with Crippen molar-refractivity contribution in [1.29, 1.82) is 0 Å². The molecule has 0 atom stereocenters. The zero-order valence-electron chi connectivity index (χ0n) is 67.6. The number of benzene rings is 18. The van der Waals surface area contributed by atoms with Crippen LogP contribution in [0.3, 0.4) is 0 Å². The lowest BCUT2D eigenvalue weighted by atomic mass is 9.99. The predicted molar refractivity (Wildman–Crippen MR) is 516 cm³/mol. The fourth-order valence-corrected chi connectivity index (χ4v) is 19.2. The molecule has 27 aromatic rings. The molecule has 0 amide bonds. The SMILES string of the molecule is c1ccc(-c2nc3c4ccccc4c4ccccc4c3n2-c2ccc(-c3cccc4c3oc3ccncc34)cc2)cc1.c1ccc(-c2nc3c4ccccc4c4ccccc4c3n2-c2ccc(-c3cccc4c3oc3cnccc34)cc2)cc1.c1ccc(-c2nc3c4ccccc4c4ccccc4c3n2-c2ccc(-c3cccc4c3oc3ncccc34)cc2)cc1. The molecular weight excluding hydrogens is 1540 g/mol. The molecule has 0 N–H and O–H groups in total. The van der Waals surface area contributed by atoms with Crippen molar-refractivity contribution in [1.82, 2.24) is 43.6 Å². The summed E-state index contributed by atoms with van der Waals surface area (Å²) >= 11 is 0. The van der Waals surface area contributed by atoms with Crippen molar-refractivity contribution < 1.29 is 13.3 Å². The van der Waals surface area contributed by atoms with E-state index >= 15 is 0 Å². The van der Waals surface area contributed by atoms with Crippen molar-refractivity contribution in [2.24, 2.45) is 0 Å². The highest BCUT2D eigenvalue weighted by Crippen LogP contribution is 2.47. The molecule has 0 fully saturated rings. The number of pyridine rings is 3. The molecule has 12 nitrogen and oxygen atoms in total. The monoisotopic (exact) mass is 1610 g/mol. The van der Waals surface area contributed by atoms with Crippen LogP contribution in [0.15, 0.2) is 432 Å². The second kappa shape index (κ2) is 29.3. The van der Waals surface area contributed by atoms with Gasteiger partial charge >= 0.3 is 0 Å². The number of imidazole rings is 3. The van der Waals surface area contributed by atoms with E-state index in [-0.39, 0.29) is 0 Å². The molecule has 0 aliphatic heterocycles. The van der Waals surface area contributed by atoms with Crippen LogP contribution in [-0.2, 0) is 0 Å². The van der Waals surface area contributed by atoms with E-state index in [1.165, 1.54) is 48.5 Å². The quantitative estimate of drug-likeness (QED) is 0.130. The lowest BCUT2D eigenvalue weighted by Crippen LogP contribution is -1.98. The Hall–Kier alpha value is -17.2. The van der Waals surface area contributed by atoms with Crippen LogP contribution in [0.25, 0.3) is 248 Å². The van der Waals surface area contributed by atoms with Crippen molar-refractivity contribution in [2.45, 2.75) is 0 Å². The van der Waals surface area contributed by atoms with Crippen molar-refractivity contribution in [3.8, 4) is 84.6 Å². The second-order valence-corrected chi connectivity index (χ2v) is 31.9. The van der Waals surface area contributed by atoms with Crippen LogP contribution in [0.4, 0.5) is 0 Å². The fraction of sp³-hybridized carbons (Fsp3) is 0. The molecule has 9 aromatic heterocycles. The van der Waals surface area contributed by atoms with Crippen molar-refractivity contribution >= 4 is 164 Å². The molecule has 0 radical (unpaired) electrons. The van der Waals surface area contributed by atoms with Gasteiger partial charge in [-0.05, 0) is 110 Å². The number of aromatic nitrogens is 9. The molecule has 9 heterocycles. The maximum atomic E-state index is 6.31. The molecular formula is C114H69N9O3. The van der Waals surface area contributed by atoms with E-state index < -0.39 is 0 Å². The zero-order chi connectivity index (χ0) is 82.9. The number of nitrogens with zero attached hydrogens (tertiary/aromatic N) is 9. The van der Waals surface area contributed by atoms with Gasteiger partial charge in [0.1, 0.15) is 39.8 Å². The van der Waals surface area contributed by atoms with E-state index in [1.807, 2.05) is 48.8 Å². The van der Waals surface area contributed by atoms with E-state index in [2.05, 4.69) is 381 Å². The summed E-state index contributed by atoms with van der Waals surface area (Å²) in [5.74, 6) is 2.77. The number of hydrogen-bond donors (Lipinski definition) is 0. The normalized spacial score (nSPS) is 11.8. The first-order valence-corrected chi connectivity index (χ1v) is 42.3. The van der Waals surface area contributed by atoms with Crippen LogP contribution in [0.1, 0.15) is 0 Å².